The summed E-state index contributed by atoms with van der Waals surface area (Å²) >= 11 is 0. The van der Waals surface area contributed by atoms with Crippen LogP contribution in [0.15, 0.2) is 72.8 Å². The molecule has 0 aliphatic carbocycles. The van der Waals surface area contributed by atoms with E-state index in [2.05, 4.69) is 10.7 Å². The van der Waals surface area contributed by atoms with E-state index in [1.165, 1.54) is 9.91 Å². The van der Waals surface area contributed by atoms with Gasteiger partial charge < -0.3 is 20.7 Å². The first kappa shape index (κ1) is 29.6. The SMILES string of the molecule is CCNC(=O)N(Cc1ccccc1)NC(=O)[C@@H](Cc1ccc2ccccc2c1)N(C)C(=O)COCC(C)(C)N. The topological polar surface area (TPSA) is 117 Å². The molecule has 1 atom stereocenters. The monoisotopic (exact) mass is 533 g/mol. The molecule has 39 heavy (non-hydrogen) atoms. The number of hydrogen-bond donors (Lipinski definition) is 3. The van der Waals surface area contributed by atoms with Crippen molar-refractivity contribution in [2.24, 2.45) is 5.73 Å². The number of nitrogens with zero attached hydrogens (tertiary/aromatic N) is 2. The smallest absolute Gasteiger partial charge is 0.336 e. The maximum absolute atomic E-state index is 13.7. The van der Waals surface area contributed by atoms with Gasteiger partial charge in [0.1, 0.15) is 12.6 Å². The summed E-state index contributed by atoms with van der Waals surface area (Å²) in [4.78, 5) is 41.0. The van der Waals surface area contributed by atoms with Crippen molar-refractivity contribution in [1.82, 2.24) is 20.7 Å². The van der Waals surface area contributed by atoms with Gasteiger partial charge in [0.2, 0.25) is 5.91 Å². The number of benzene rings is 3. The molecule has 3 aromatic rings. The zero-order valence-electron chi connectivity index (χ0n) is 23.1. The van der Waals surface area contributed by atoms with E-state index in [1.54, 1.807) is 27.8 Å². The second-order valence-corrected chi connectivity index (χ2v) is 10.3. The second-order valence-electron chi connectivity index (χ2n) is 10.3. The predicted molar refractivity (Wildman–Crippen MR) is 152 cm³/mol. The molecule has 0 aliphatic rings. The number of rotatable bonds is 11. The van der Waals surface area contributed by atoms with Crippen molar-refractivity contribution in [3.63, 3.8) is 0 Å². The van der Waals surface area contributed by atoms with Crippen molar-refractivity contribution in [2.75, 3.05) is 26.8 Å². The van der Waals surface area contributed by atoms with Crippen molar-refractivity contribution in [1.29, 1.82) is 0 Å². The first-order valence-corrected chi connectivity index (χ1v) is 13.1. The number of hydrazine groups is 1. The second kappa shape index (κ2) is 13.7. The number of carbonyl (C=O) groups is 3. The first-order valence-electron chi connectivity index (χ1n) is 13.1. The van der Waals surface area contributed by atoms with Crippen LogP contribution in [-0.2, 0) is 27.3 Å². The van der Waals surface area contributed by atoms with E-state index in [0.717, 1.165) is 21.9 Å². The number of fused-ring (bicyclic) bond motifs is 1. The molecule has 9 nitrogen and oxygen atoms in total. The van der Waals surface area contributed by atoms with Crippen molar-refractivity contribution in [3.05, 3.63) is 83.9 Å². The fourth-order valence-corrected chi connectivity index (χ4v) is 4.05. The molecule has 0 unspecified atom stereocenters. The van der Waals surface area contributed by atoms with Crippen LogP contribution in [-0.4, -0.2) is 66.1 Å². The Morgan fingerprint density at radius 2 is 1.62 bits per heavy atom. The summed E-state index contributed by atoms with van der Waals surface area (Å²) in [5.74, 6) is -0.854. The summed E-state index contributed by atoms with van der Waals surface area (Å²) in [6.45, 7) is 5.94. The highest BCUT2D eigenvalue weighted by Gasteiger charge is 2.30. The van der Waals surface area contributed by atoms with Crippen LogP contribution < -0.4 is 16.5 Å². The van der Waals surface area contributed by atoms with Crippen LogP contribution >= 0.6 is 0 Å². The van der Waals surface area contributed by atoms with Crippen molar-refractivity contribution < 1.29 is 19.1 Å². The molecule has 9 heteroatoms. The van der Waals surface area contributed by atoms with Crippen LogP contribution in [0.3, 0.4) is 0 Å². The van der Waals surface area contributed by atoms with Crippen molar-refractivity contribution in [2.45, 2.75) is 45.3 Å². The minimum Gasteiger partial charge on any atom is -0.370 e. The summed E-state index contributed by atoms with van der Waals surface area (Å²) in [5, 5.41) is 6.08. The van der Waals surface area contributed by atoms with E-state index in [4.69, 9.17) is 10.5 Å². The van der Waals surface area contributed by atoms with Gasteiger partial charge in [-0.25, -0.2) is 9.80 Å². The van der Waals surface area contributed by atoms with Crippen LogP contribution in [0.4, 0.5) is 4.79 Å². The number of likely N-dealkylation sites (N-methyl/N-ethyl adjacent to an activating group) is 1. The normalized spacial score (nSPS) is 12.0. The van der Waals surface area contributed by atoms with Crippen LogP contribution in [0, 0.1) is 0 Å². The van der Waals surface area contributed by atoms with E-state index in [1.807, 2.05) is 72.8 Å². The molecular formula is C30H39N5O4. The molecule has 0 saturated carbocycles. The molecular weight excluding hydrogens is 494 g/mol. The molecule has 0 radical (unpaired) electrons. The summed E-state index contributed by atoms with van der Waals surface area (Å²) in [7, 11) is 1.57. The Kier molecular flexibility index (Phi) is 10.4. The molecule has 0 bridgehead atoms. The van der Waals surface area contributed by atoms with Crippen LogP contribution in [0.1, 0.15) is 31.9 Å². The summed E-state index contributed by atoms with van der Waals surface area (Å²) in [6, 6.07) is 21.9. The molecule has 3 rings (SSSR count). The van der Waals surface area contributed by atoms with E-state index in [9.17, 15) is 14.4 Å². The lowest BCUT2D eigenvalue weighted by Crippen LogP contribution is -2.57. The van der Waals surface area contributed by atoms with Gasteiger partial charge in [0.25, 0.3) is 5.91 Å². The average molecular weight is 534 g/mol. The minimum atomic E-state index is -0.902. The Morgan fingerprint density at radius 3 is 2.28 bits per heavy atom. The number of nitrogens with one attached hydrogen (secondary N) is 2. The molecule has 0 spiro atoms. The van der Waals surface area contributed by atoms with Gasteiger partial charge in [-0.3, -0.25) is 15.0 Å². The van der Waals surface area contributed by atoms with E-state index in [0.29, 0.717) is 6.54 Å². The highest BCUT2D eigenvalue weighted by molar-refractivity contribution is 5.90. The fraction of sp³-hybridized carbons (Fsp3) is 0.367. The lowest BCUT2D eigenvalue weighted by atomic mass is 10.0. The molecule has 3 aromatic carbocycles. The lowest BCUT2D eigenvalue weighted by Gasteiger charge is -2.31. The van der Waals surface area contributed by atoms with E-state index in [-0.39, 0.29) is 32.1 Å². The number of urea groups is 1. The zero-order chi connectivity index (χ0) is 28.4. The molecule has 0 fully saturated rings. The van der Waals surface area contributed by atoms with Gasteiger partial charge in [-0.05, 0) is 42.7 Å². The van der Waals surface area contributed by atoms with Crippen LogP contribution in [0.25, 0.3) is 10.8 Å². The Labute approximate surface area is 230 Å². The molecule has 4 amide bonds. The molecule has 0 aliphatic heterocycles. The number of ether oxygens (including phenoxy) is 1. The maximum atomic E-state index is 13.7. The molecule has 208 valence electrons. The van der Waals surface area contributed by atoms with Gasteiger partial charge in [0.05, 0.1) is 13.2 Å². The Balaban J connectivity index is 1.85. The van der Waals surface area contributed by atoms with Gasteiger partial charge in [0.15, 0.2) is 0 Å². The Hall–Kier alpha value is -3.95. The summed E-state index contributed by atoms with van der Waals surface area (Å²) in [5.41, 5.74) is 9.85. The quantitative estimate of drug-likeness (QED) is 0.327. The van der Waals surface area contributed by atoms with Crippen LogP contribution in [0.5, 0.6) is 0 Å². The summed E-state index contributed by atoms with van der Waals surface area (Å²) in [6.07, 6.45) is 0.246. The zero-order valence-corrected chi connectivity index (χ0v) is 23.1. The van der Waals surface area contributed by atoms with Gasteiger partial charge in [-0.1, -0.05) is 72.8 Å². The number of amides is 4. The Bertz CT molecular complexity index is 1260. The third kappa shape index (κ3) is 9.08. The maximum Gasteiger partial charge on any atom is 0.336 e. The third-order valence-electron chi connectivity index (χ3n) is 6.11. The largest absolute Gasteiger partial charge is 0.370 e. The van der Waals surface area contributed by atoms with Crippen LogP contribution in [0.2, 0.25) is 0 Å². The van der Waals surface area contributed by atoms with Gasteiger partial charge in [0, 0.05) is 25.6 Å². The predicted octanol–water partition coefficient (Wildman–Crippen LogP) is 3.23. The minimum absolute atomic E-state index is 0.160. The fourth-order valence-electron chi connectivity index (χ4n) is 4.05. The van der Waals surface area contributed by atoms with E-state index >= 15 is 0 Å². The average Bonchev–Trinajstić information content (AvgIpc) is 2.90. The van der Waals surface area contributed by atoms with Gasteiger partial charge in [-0.2, -0.15) is 0 Å². The standard InChI is InChI=1S/C30H39N5O4/c1-5-32-29(38)35(19-22-11-7-6-8-12-22)33-28(37)26(34(4)27(36)20-39-21-30(2,3)31)18-23-15-16-24-13-9-10-14-25(24)17-23/h6-17,26H,5,18-21,31H2,1-4H3,(H,32,38)(H,33,37)/t26-/m1/s1. The van der Waals surface area contributed by atoms with Gasteiger partial charge >= 0.3 is 6.03 Å². The third-order valence-corrected chi connectivity index (χ3v) is 6.11. The molecule has 0 aromatic heterocycles. The summed E-state index contributed by atoms with van der Waals surface area (Å²) < 4.78 is 5.53. The molecule has 0 heterocycles. The van der Waals surface area contributed by atoms with Crippen molar-refractivity contribution in [3.8, 4) is 0 Å². The molecule has 4 N–H and O–H groups in total. The highest BCUT2D eigenvalue weighted by atomic mass is 16.5. The first-order chi connectivity index (χ1) is 18.6. The highest BCUT2D eigenvalue weighted by Crippen LogP contribution is 2.18. The number of hydrogen-bond acceptors (Lipinski definition) is 5. The molecule has 0 saturated heterocycles. The number of nitrogens with two attached hydrogens (primary N) is 1. The van der Waals surface area contributed by atoms with E-state index < -0.39 is 23.5 Å². The van der Waals surface area contributed by atoms with Gasteiger partial charge in [-0.15, -0.1) is 0 Å². The lowest BCUT2D eigenvalue weighted by molar-refractivity contribution is -0.144. The number of carbonyl (C=O) groups excluding carboxylic acids is 3. The Morgan fingerprint density at radius 1 is 0.949 bits per heavy atom. The van der Waals surface area contributed by atoms with Crippen molar-refractivity contribution >= 4 is 28.6 Å².